The second-order valence-corrected chi connectivity index (χ2v) is 11.2. The maximum absolute atomic E-state index is 13.8. The van der Waals surface area contributed by atoms with Crippen LogP contribution < -0.4 is 4.90 Å². The lowest BCUT2D eigenvalue weighted by molar-refractivity contribution is -0.175. The summed E-state index contributed by atoms with van der Waals surface area (Å²) in [5.74, 6) is -0.393. The number of ether oxygens (including phenoxy) is 2. The van der Waals surface area contributed by atoms with E-state index in [0.717, 1.165) is 18.7 Å². The minimum absolute atomic E-state index is 0.0168. The smallest absolute Gasteiger partial charge is 0.379 e. The first-order valence-electron chi connectivity index (χ1n) is 13.0. The van der Waals surface area contributed by atoms with Crippen LogP contribution in [0.25, 0.3) is 0 Å². The number of hydrogen-bond acceptors (Lipinski definition) is 6. The van der Waals surface area contributed by atoms with Gasteiger partial charge in [-0.25, -0.2) is 9.97 Å². The number of halogens is 6. The van der Waals surface area contributed by atoms with Crippen molar-refractivity contribution in [1.82, 2.24) is 14.9 Å². The maximum atomic E-state index is 13.8. The van der Waals surface area contributed by atoms with Crippen LogP contribution in [0.15, 0.2) is 12.3 Å². The Bertz CT molecular complexity index is 1020. The van der Waals surface area contributed by atoms with Crippen molar-refractivity contribution in [3.05, 3.63) is 18.0 Å². The van der Waals surface area contributed by atoms with Gasteiger partial charge in [-0.2, -0.15) is 26.3 Å². The van der Waals surface area contributed by atoms with Crippen LogP contribution in [0, 0.1) is 17.3 Å². The van der Waals surface area contributed by atoms with Gasteiger partial charge < -0.3 is 19.3 Å². The molecule has 1 aliphatic carbocycles. The summed E-state index contributed by atoms with van der Waals surface area (Å²) in [4.78, 5) is 24.6. The van der Waals surface area contributed by atoms with Gasteiger partial charge in [0.05, 0.1) is 36.6 Å². The third-order valence-electron chi connectivity index (χ3n) is 8.77. The van der Waals surface area contributed by atoms with Gasteiger partial charge in [-0.15, -0.1) is 0 Å². The Hall–Kier alpha value is -2.15. The molecule has 3 saturated heterocycles. The molecule has 7 nitrogen and oxygen atoms in total. The van der Waals surface area contributed by atoms with Crippen molar-refractivity contribution in [2.45, 2.75) is 75.5 Å². The summed E-state index contributed by atoms with van der Waals surface area (Å²) in [6, 6.07) is 0.0701. The molecule has 6 atom stereocenters. The summed E-state index contributed by atoms with van der Waals surface area (Å²) in [5, 5.41) is 0. The van der Waals surface area contributed by atoms with Crippen molar-refractivity contribution in [3.63, 3.8) is 0 Å². The molecule has 38 heavy (non-hydrogen) atoms. The monoisotopic (exact) mass is 550 g/mol. The number of amides is 1. The SMILES string of the molecule is CO[C@@H]1COCC[C@@H]1C[C@@H]1CC[C@](CC(F)(F)F)(C(=O)N2C[C@H]3C[C@@H]2CN3c2nccc(C(F)(F)F)n2)C1. The summed E-state index contributed by atoms with van der Waals surface area (Å²) in [5.41, 5.74) is -2.57. The molecule has 2 bridgehead atoms. The van der Waals surface area contributed by atoms with Gasteiger partial charge in [-0.1, -0.05) is 0 Å². The van der Waals surface area contributed by atoms with Gasteiger partial charge in [0, 0.05) is 33.0 Å². The second-order valence-electron chi connectivity index (χ2n) is 11.2. The molecular weight excluding hydrogens is 518 g/mol. The Balaban J connectivity index is 1.29. The van der Waals surface area contributed by atoms with Crippen LogP contribution in [-0.2, 0) is 20.4 Å². The molecule has 1 amide bonds. The van der Waals surface area contributed by atoms with Crippen LogP contribution in [0.3, 0.4) is 0 Å². The first kappa shape index (κ1) is 27.4. The van der Waals surface area contributed by atoms with Crippen LogP contribution in [0.2, 0.25) is 0 Å². The van der Waals surface area contributed by atoms with Crippen molar-refractivity contribution in [3.8, 4) is 0 Å². The van der Waals surface area contributed by atoms with E-state index in [1.807, 2.05) is 0 Å². The van der Waals surface area contributed by atoms with Crippen molar-refractivity contribution in [1.29, 1.82) is 0 Å². The normalized spacial score (nSPS) is 33.8. The maximum Gasteiger partial charge on any atom is 0.433 e. The molecule has 13 heteroatoms. The fourth-order valence-electron chi connectivity index (χ4n) is 7.08. The summed E-state index contributed by atoms with van der Waals surface area (Å²) in [6.45, 7) is 1.40. The highest BCUT2D eigenvalue weighted by atomic mass is 19.4. The number of nitrogens with zero attached hydrogens (tertiary/aromatic N) is 4. The summed E-state index contributed by atoms with van der Waals surface area (Å²) >= 11 is 0. The molecule has 1 aromatic heterocycles. The van der Waals surface area contributed by atoms with Crippen LogP contribution in [0.1, 0.15) is 50.6 Å². The first-order chi connectivity index (χ1) is 17.9. The Morgan fingerprint density at radius 1 is 1.18 bits per heavy atom. The molecule has 0 N–H and O–H groups in total. The summed E-state index contributed by atoms with van der Waals surface area (Å²) < 4.78 is 91.7. The highest BCUT2D eigenvalue weighted by molar-refractivity contribution is 5.84. The number of piperazine rings is 1. The molecule has 4 heterocycles. The largest absolute Gasteiger partial charge is 0.433 e. The number of aromatic nitrogens is 2. The first-order valence-corrected chi connectivity index (χ1v) is 13.0. The van der Waals surface area contributed by atoms with E-state index in [1.54, 1.807) is 12.0 Å². The summed E-state index contributed by atoms with van der Waals surface area (Å²) in [6.07, 6.45) is -6.50. The van der Waals surface area contributed by atoms with Crippen LogP contribution in [-0.4, -0.2) is 78.6 Å². The van der Waals surface area contributed by atoms with E-state index >= 15 is 0 Å². The molecule has 212 valence electrons. The zero-order valence-electron chi connectivity index (χ0n) is 21.1. The quantitative estimate of drug-likeness (QED) is 0.488. The van der Waals surface area contributed by atoms with Gasteiger partial charge in [0.25, 0.3) is 0 Å². The topological polar surface area (TPSA) is 67.8 Å². The van der Waals surface area contributed by atoms with Crippen LogP contribution >= 0.6 is 0 Å². The van der Waals surface area contributed by atoms with E-state index in [4.69, 9.17) is 9.47 Å². The number of anilines is 1. The van der Waals surface area contributed by atoms with Crippen LogP contribution in [0.5, 0.6) is 0 Å². The Morgan fingerprint density at radius 2 is 1.97 bits per heavy atom. The van der Waals surface area contributed by atoms with Gasteiger partial charge in [0.15, 0.2) is 0 Å². The number of likely N-dealkylation sites (tertiary alicyclic amines) is 1. The minimum Gasteiger partial charge on any atom is -0.379 e. The average Bonchev–Trinajstić information content (AvgIpc) is 3.58. The number of hydrogen-bond donors (Lipinski definition) is 0. The van der Waals surface area contributed by atoms with Gasteiger partial charge in [0.2, 0.25) is 11.9 Å². The fourth-order valence-corrected chi connectivity index (χ4v) is 7.08. The lowest BCUT2D eigenvalue weighted by atomic mass is 9.78. The van der Waals surface area contributed by atoms with Gasteiger partial charge in [-0.05, 0) is 56.4 Å². The molecule has 0 aromatic carbocycles. The second kappa shape index (κ2) is 10.1. The third kappa shape index (κ3) is 5.45. The van der Waals surface area contributed by atoms with Crippen molar-refractivity contribution in [2.24, 2.45) is 17.3 Å². The molecule has 0 unspecified atom stereocenters. The third-order valence-corrected chi connectivity index (χ3v) is 8.77. The standard InChI is InChI=1S/C25H32F6N4O3/c1-37-19-13-38-7-4-16(19)8-15-2-5-23(10-15,14-24(26,27)28)21(36)34-11-18-9-17(34)12-35(18)22-32-6-3-20(33-22)25(29,30)31/h3,6,15-19H,2,4-5,7-14H2,1H3/t15-,16+,17+,18+,19+,23-/m0/s1. The number of carbonyl (C=O) groups excluding carboxylic acids is 1. The number of fused-ring (bicyclic) bond motifs is 2. The number of rotatable bonds is 6. The molecule has 1 saturated carbocycles. The Labute approximate surface area is 216 Å². The van der Waals surface area contributed by atoms with E-state index in [-0.39, 0.29) is 61.9 Å². The van der Waals surface area contributed by atoms with E-state index in [9.17, 15) is 31.1 Å². The van der Waals surface area contributed by atoms with Crippen LogP contribution in [0.4, 0.5) is 32.3 Å². The highest BCUT2D eigenvalue weighted by Crippen LogP contribution is 2.53. The zero-order chi connectivity index (χ0) is 27.3. The molecule has 4 fully saturated rings. The summed E-state index contributed by atoms with van der Waals surface area (Å²) in [7, 11) is 1.61. The lowest BCUT2D eigenvalue weighted by Crippen LogP contribution is -2.54. The number of carbonyl (C=O) groups is 1. The van der Waals surface area contributed by atoms with Crippen molar-refractivity contribution < 1.29 is 40.6 Å². The van der Waals surface area contributed by atoms with Gasteiger partial charge in [-0.3, -0.25) is 4.79 Å². The molecule has 1 aromatic rings. The molecule has 0 radical (unpaired) electrons. The molecule has 0 spiro atoms. The predicted molar refractivity (Wildman–Crippen MR) is 123 cm³/mol. The number of methoxy groups -OCH3 is 1. The highest BCUT2D eigenvalue weighted by Gasteiger charge is 2.57. The molecule has 5 rings (SSSR count). The molecule has 3 aliphatic heterocycles. The Morgan fingerprint density at radius 3 is 2.63 bits per heavy atom. The fraction of sp³-hybridized carbons (Fsp3) is 0.800. The predicted octanol–water partition coefficient (Wildman–Crippen LogP) is 4.47. The van der Waals surface area contributed by atoms with Crippen molar-refractivity contribution >= 4 is 11.9 Å². The Kier molecular flexibility index (Phi) is 7.29. The molecular formula is C25H32F6N4O3. The van der Waals surface area contributed by atoms with E-state index < -0.39 is 35.8 Å². The van der Waals surface area contributed by atoms with Gasteiger partial charge in [0.1, 0.15) is 5.69 Å². The minimum atomic E-state index is -4.62. The molecule has 4 aliphatic rings. The van der Waals surface area contributed by atoms with E-state index in [2.05, 4.69) is 9.97 Å². The van der Waals surface area contributed by atoms with E-state index in [0.29, 0.717) is 32.5 Å². The van der Waals surface area contributed by atoms with Crippen molar-refractivity contribution in [2.75, 3.05) is 38.3 Å². The zero-order valence-corrected chi connectivity index (χ0v) is 21.1. The lowest BCUT2D eigenvalue weighted by Gasteiger charge is -2.40. The average molecular weight is 551 g/mol. The van der Waals surface area contributed by atoms with E-state index in [1.165, 1.54) is 4.90 Å². The van der Waals surface area contributed by atoms with Gasteiger partial charge >= 0.3 is 12.4 Å². The number of alkyl halides is 6.